The summed E-state index contributed by atoms with van der Waals surface area (Å²) in [5.41, 5.74) is 0.862. The number of rotatable bonds is 3. The molecule has 110 valence electrons. The lowest BCUT2D eigenvalue weighted by molar-refractivity contribution is 0.0607. The van der Waals surface area contributed by atoms with Gasteiger partial charge < -0.3 is 15.4 Å². The Kier molecular flexibility index (Phi) is 5.06. The van der Waals surface area contributed by atoms with Gasteiger partial charge in [0.2, 0.25) is 0 Å². The molecule has 0 saturated carbocycles. The van der Waals surface area contributed by atoms with Crippen LogP contribution in [-0.2, 0) is 4.74 Å². The van der Waals surface area contributed by atoms with Gasteiger partial charge in [-0.3, -0.25) is 0 Å². The second-order valence-electron chi connectivity index (χ2n) is 3.86. The van der Waals surface area contributed by atoms with Crippen molar-refractivity contribution in [1.29, 1.82) is 0 Å². The third-order valence-corrected chi connectivity index (χ3v) is 4.10. The molecule has 2 aromatic rings. The van der Waals surface area contributed by atoms with Gasteiger partial charge in [0.15, 0.2) is 0 Å². The van der Waals surface area contributed by atoms with Crippen LogP contribution >= 0.6 is 34.5 Å². The van der Waals surface area contributed by atoms with E-state index < -0.39 is 12.0 Å². The first-order valence-electron chi connectivity index (χ1n) is 5.70. The maximum atomic E-state index is 11.9. The van der Waals surface area contributed by atoms with E-state index in [0.29, 0.717) is 26.3 Å². The molecule has 1 aromatic carbocycles. The van der Waals surface area contributed by atoms with E-state index in [4.69, 9.17) is 23.2 Å². The Morgan fingerprint density at radius 1 is 1.14 bits per heavy atom. The van der Waals surface area contributed by atoms with Crippen LogP contribution in [0.4, 0.5) is 16.2 Å². The summed E-state index contributed by atoms with van der Waals surface area (Å²) < 4.78 is 4.63. The Bertz CT molecular complexity index is 688. The number of benzene rings is 1. The van der Waals surface area contributed by atoms with Gasteiger partial charge in [-0.25, -0.2) is 9.59 Å². The van der Waals surface area contributed by atoms with E-state index in [2.05, 4.69) is 15.4 Å². The number of halogens is 2. The van der Waals surface area contributed by atoms with Gasteiger partial charge in [-0.2, -0.15) is 0 Å². The van der Waals surface area contributed by atoms with E-state index in [1.54, 1.807) is 23.6 Å². The Balaban J connectivity index is 2.07. The molecule has 0 atom stereocenters. The SMILES string of the molecule is COC(=O)c1sccc1NC(=O)Nc1ccc(Cl)c(Cl)c1. The number of ether oxygens (including phenoxy) is 1. The normalized spacial score (nSPS) is 10.0. The van der Waals surface area contributed by atoms with Crippen LogP contribution in [0.1, 0.15) is 9.67 Å². The highest BCUT2D eigenvalue weighted by atomic mass is 35.5. The van der Waals surface area contributed by atoms with E-state index in [9.17, 15) is 9.59 Å². The predicted molar refractivity (Wildman–Crippen MR) is 84.8 cm³/mol. The summed E-state index contributed by atoms with van der Waals surface area (Å²) in [7, 11) is 1.28. The van der Waals surface area contributed by atoms with Gasteiger partial charge >= 0.3 is 12.0 Å². The summed E-state index contributed by atoms with van der Waals surface area (Å²) in [5, 5.41) is 7.58. The Hall–Kier alpha value is -1.76. The monoisotopic (exact) mass is 344 g/mol. The maximum Gasteiger partial charge on any atom is 0.350 e. The highest BCUT2D eigenvalue weighted by Crippen LogP contribution is 2.26. The quantitative estimate of drug-likeness (QED) is 0.806. The average Bonchev–Trinajstić information content (AvgIpc) is 2.90. The highest BCUT2D eigenvalue weighted by molar-refractivity contribution is 7.12. The second kappa shape index (κ2) is 6.80. The van der Waals surface area contributed by atoms with Gasteiger partial charge in [-0.1, -0.05) is 23.2 Å². The molecule has 1 aromatic heterocycles. The number of hydrogen-bond donors (Lipinski definition) is 2. The zero-order valence-electron chi connectivity index (χ0n) is 10.8. The fraction of sp³-hybridized carbons (Fsp3) is 0.0769. The molecule has 5 nitrogen and oxygen atoms in total. The van der Waals surface area contributed by atoms with Crippen molar-refractivity contribution < 1.29 is 14.3 Å². The number of nitrogens with one attached hydrogen (secondary N) is 2. The standard InChI is InChI=1S/C13H10Cl2N2O3S/c1-20-12(18)11-10(4-5-21-11)17-13(19)16-7-2-3-8(14)9(15)6-7/h2-6H,1H3,(H2,16,17,19). The molecule has 0 unspecified atom stereocenters. The first kappa shape index (κ1) is 15.6. The van der Waals surface area contributed by atoms with E-state index in [1.165, 1.54) is 24.5 Å². The minimum Gasteiger partial charge on any atom is -0.465 e. The average molecular weight is 345 g/mol. The fourth-order valence-corrected chi connectivity index (χ4v) is 2.58. The van der Waals surface area contributed by atoms with Gasteiger partial charge in [-0.15, -0.1) is 11.3 Å². The third-order valence-electron chi connectivity index (χ3n) is 2.46. The number of urea groups is 1. The lowest BCUT2D eigenvalue weighted by Gasteiger charge is -2.08. The Morgan fingerprint density at radius 3 is 2.57 bits per heavy atom. The summed E-state index contributed by atoms with van der Waals surface area (Å²) in [6.07, 6.45) is 0. The molecule has 0 aliphatic rings. The smallest absolute Gasteiger partial charge is 0.350 e. The van der Waals surface area contributed by atoms with Crippen LogP contribution < -0.4 is 10.6 Å². The molecule has 8 heteroatoms. The largest absolute Gasteiger partial charge is 0.465 e. The molecule has 2 N–H and O–H groups in total. The Morgan fingerprint density at radius 2 is 1.90 bits per heavy atom. The van der Waals surface area contributed by atoms with Crippen LogP contribution in [0.15, 0.2) is 29.6 Å². The number of anilines is 2. The third kappa shape index (κ3) is 3.87. The number of esters is 1. The molecule has 0 fully saturated rings. The molecule has 0 saturated heterocycles. The lowest BCUT2D eigenvalue weighted by atomic mass is 10.3. The first-order chi connectivity index (χ1) is 10.0. The molecule has 0 aliphatic heterocycles. The topological polar surface area (TPSA) is 67.4 Å². The number of carbonyl (C=O) groups excluding carboxylic acids is 2. The van der Waals surface area contributed by atoms with Crippen molar-refractivity contribution in [3.63, 3.8) is 0 Å². The number of amides is 2. The zero-order chi connectivity index (χ0) is 15.4. The molecule has 2 amide bonds. The van der Waals surface area contributed by atoms with Crippen molar-refractivity contribution in [3.8, 4) is 0 Å². The van der Waals surface area contributed by atoms with Crippen molar-refractivity contribution in [3.05, 3.63) is 44.6 Å². The molecular formula is C13H10Cl2N2O3S. The summed E-state index contributed by atoms with van der Waals surface area (Å²) >= 11 is 12.8. The summed E-state index contributed by atoms with van der Waals surface area (Å²) in [6, 6.07) is 5.83. The van der Waals surface area contributed by atoms with E-state index >= 15 is 0 Å². The van der Waals surface area contributed by atoms with Crippen LogP contribution in [0.2, 0.25) is 10.0 Å². The molecule has 2 rings (SSSR count). The van der Waals surface area contributed by atoms with Crippen molar-refractivity contribution in [1.82, 2.24) is 0 Å². The van der Waals surface area contributed by atoms with Gasteiger partial charge in [0, 0.05) is 5.69 Å². The van der Waals surface area contributed by atoms with Crippen LogP contribution in [0.5, 0.6) is 0 Å². The fourth-order valence-electron chi connectivity index (χ4n) is 1.52. The van der Waals surface area contributed by atoms with Gasteiger partial charge in [0.25, 0.3) is 0 Å². The number of thiophene rings is 1. The second-order valence-corrected chi connectivity index (χ2v) is 5.59. The summed E-state index contributed by atoms with van der Waals surface area (Å²) in [6.45, 7) is 0. The molecule has 0 aliphatic carbocycles. The molecule has 0 spiro atoms. The minimum atomic E-state index is -0.505. The maximum absolute atomic E-state index is 11.9. The van der Waals surface area contributed by atoms with Gasteiger partial charge in [-0.05, 0) is 29.6 Å². The van der Waals surface area contributed by atoms with Crippen LogP contribution in [-0.4, -0.2) is 19.1 Å². The number of hydrogen-bond acceptors (Lipinski definition) is 4. The van der Waals surface area contributed by atoms with Crippen molar-refractivity contribution in [2.45, 2.75) is 0 Å². The van der Waals surface area contributed by atoms with Crippen molar-refractivity contribution >= 4 is 57.9 Å². The molecule has 1 heterocycles. The number of methoxy groups -OCH3 is 1. The van der Waals surface area contributed by atoms with E-state index in [0.717, 1.165) is 0 Å². The summed E-state index contributed by atoms with van der Waals surface area (Å²) in [4.78, 5) is 23.7. The Labute approximate surface area is 134 Å². The van der Waals surface area contributed by atoms with E-state index in [1.807, 2.05) is 0 Å². The molecule has 0 bridgehead atoms. The van der Waals surface area contributed by atoms with Crippen LogP contribution in [0, 0.1) is 0 Å². The molecule has 21 heavy (non-hydrogen) atoms. The lowest BCUT2D eigenvalue weighted by Crippen LogP contribution is -2.20. The minimum absolute atomic E-state index is 0.321. The summed E-state index contributed by atoms with van der Waals surface area (Å²) in [5.74, 6) is -0.505. The predicted octanol–water partition coefficient (Wildman–Crippen LogP) is 4.49. The van der Waals surface area contributed by atoms with Gasteiger partial charge in [0.1, 0.15) is 4.88 Å². The zero-order valence-corrected chi connectivity index (χ0v) is 13.1. The molecular weight excluding hydrogens is 335 g/mol. The van der Waals surface area contributed by atoms with Crippen molar-refractivity contribution in [2.75, 3.05) is 17.7 Å². The number of carbonyl (C=O) groups is 2. The van der Waals surface area contributed by atoms with E-state index in [-0.39, 0.29) is 0 Å². The van der Waals surface area contributed by atoms with Crippen LogP contribution in [0.3, 0.4) is 0 Å². The first-order valence-corrected chi connectivity index (χ1v) is 7.33. The highest BCUT2D eigenvalue weighted by Gasteiger charge is 2.15. The van der Waals surface area contributed by atoms with Crippen LogP contribution in [0.25, 0.3) is 0 Å². The van der Waals surface area contributed by atoms with Crippen molar-refractivity contribution in [2.24, 2.45) is 0 Å². The van der Waals surface area contributed by atoms with Gasteiger partial charge in [0.05, 0.1) is 22.8 Å². The molecule has 0 radical (unpaired) electrons.